The van der Waals surface area contributed by atoms with E-state index in [0.29, 0.717) is 11.1 Å². The zero-order chi connectivity index (χ0) is 17.2. The number of hydrogen-bond donors (Lipinski definition) is 0. The fourth-order valence-corrected chi connectivity index (χ4v) is 4.04. The molecule has 0 saturated carbocycles. The molecule has 0 N–H and O–H groups in total. The third kappa shape index (κ3) is 3.85. The molecule has 1 unspecified atom stereocenters. The first-order valence-electron chi connectivity index (χ1n) is 8.06. The van der Waals surface area contributed by atoms with E-state index in [2.05, 4.69) is 12.1 Å². The molecule has 126 valence electrons. The highest BCUT2D eigenvalue weighted by molar-refractivity contribution is 7.89. The Morgan fingerprint density at radius 1 is 1.08 bits per heavy atom. The molecule has 0 bridgehead atoms. The number of sulfone groups is 1. The Morgan fingerprint density at radius 3 is 2.38 bits per heavy atom. The molecule has 1 fully saturated rings. The Hall–Kier alpha value is -2.14. The van der Waals surface area contributed by atoms with Crippen LogP contribution in [0.3, 0.4) is 0 Å². The van der Waals surface area contributed by atoms with Gasteiger partial charge in [0.2, 0.25) is 0 Å². The Balaban J connectivity index is 1.78. The lowest BCUT2D eigenvalue weighted by molar-refractivity contribution is 0.0735. The van der Waals surface area contributed by atoms with Crippen LogP contribution in [0.15, 0.2) is 54.6 Å². The molecule has 3 rings (SSSR count). The van der Waals surface area contributed by atoms with Crippen LogP contribution < -0.4 is 0 Å². The van der Waals surface area contributed by atoms with Gasteiger partial charge in [0.1, 0.15) is 0 Å². The van der Waals surface area contributed by atoms with E-state index in [1.54, 1.807) is 24.3 Å². The predicted molar refractivity (Wildman–Crippen MR) is 94.4 cm³/mol. The summed E-state index contributed by atoms with van der Waals surface area (Å²) in [6.45, 7) is 0.753. The molecule has 24 heavy (non-hydrogen) atoms. The van der Waals surface area contributed by atoms with Crippen LogP contribution in [0.5, 0.6) is 0 Å². The summed E-state index contributed by atoms with van der Waals surface area (Å²) in [5, 5.41) is 0. The van der Waals surface area contributed by atoms with E-state index < -0.39 is 9.84 Å². The first-order valence-corrected chi connectivity index (χ1v) is 10.1. The third-order valence-electron chi connectivity index (χ3n) is 4.33. The fourth-order valence-electron chi connectivity index (χ4n) is 3.24. The molecule has 0 aromatic heterocycles. The first-order chi connectivity index (χ1) is 11.4. The van der Waals surface area contributed by atoms with Gasteiger partial charge < -0.3 is 4.90 Å². The van der Waals surface area contributed by atoms with E-state index in [-0.39, 0.29) is 17.7 Å². The standard InChI is InChI=1S/C19H21NO3S/c1-24(22,23)14-15-9-11-17(12-10-15)19(21)20-13-5-8-18(20)16-6-3-2-4-7-16/h2-4,6-7,9-12,18H,5,8,13-14H2,1H3. The topological polar surface area (TPSA) is 54.5 Å². The number of rotatable bonds is 4. The predicted octanol–water partition coefficient (Wildman–Crippen LogP) is 3.21. The molecule has 0 aliphatic carbocycles. The zero-order valence-electron chi connectivity index (χ0n) is 13.7. The Kier molecular flexibility index (Phi) is 4.71. The molecule has 1 heterocycles. The lowest BCUT2D eigenvalue weighted by Gasteiger charge is -2.25. The number of amides is 1. The van der Waals surface area contributed by atoms with E-state index in [0.717, 1.165) is 24.9 Å². The van der Waals surface area contributed by atoms with Gasteiger partial charge >= 0.3 is 0 Å². The van der Waals surface area contributed by atoms with Gasteiger partial charge in [0.15, 0.2) is 9.84 Å². The summed E-state index contributed by atoms with van der Waals surface area (Å²) in [5.74, 6) is 0.00456. The van der Waals surface area contributed by atoms with Gasteiger partial charge in [0.25, 0.3) is 5.91 Å². The van der Waals surface area contributed by atoms with E-state index in [4.69, 9.17) is 0 Å². The molecular weight excluding hydrogens is 322 g/mol. The van der Waals surface area contributed by atoms with E-state index in [1.807, 2.05) is 23.1 Å². The number of likely N-dealkylation sites (tertiary alicyclic amines) is 1. The maximum absolute atomic E-state index is 12.8. The second-order valence-corrected chi connectivity index (χ2v) is 8.47. The highest BCUT2D eigenvalue weighted by atomic mass is 32.2. The van der Waals surface area contributed by atoms with Crippen molar-refractivity contribution < 1.29 is 13.2 Å². The van der Waals surface area contributed by atoms with Crippen molar-refractivity contribution in [1.82, 2.24) is 4.90 Å². The monoisotopic (exact) mass is 343 g/mol. The average molecular weight is 343 g/mol. The van der Waals surface area contributed by atoms with Gasteiger partial charge in [-0.05, 0) is 36.1 Å². The fraction of sp³-hybridized carbons (Fsp3) is 0.316. The summed E-state index contributed by atoms with van der Waals surface area (Å²) in [5.41, 5.74) is 2.47. The molecule has 1 aliphatic heterocycles. The lowest BCUT2D eigenvalue weighted by Crippen LogP contribution is -2.30. The van der Waals surface area contributed by atoms with Crippen LogP contribution in [-0.4, -0.2) is 32.0 Å². The zero-order valence-corrected chi connectivity index (χ0v) is 14.5. The largest absolute Gasteiger partial charge is 0.332 e. The van der Waals surface area contributed by atoms with Crippen LogP contribution in [0.4, 0.5) is 0 Å². The number of carbonyl (C=O) groups excluding carboxylic acids is 1. The molecule has 5 heteroatoms. The molecule has 2 aromatic carbocycles. The summed E-state index contributed by atoms with van der Waals surface area (Å²) in [6.07, 6.45) is 3.18. The van der Waals surface area contributed by atoms with Gasteiger partial charge in [0, 0.05) is 18.4 Å². The maximum Gasteiger partial charge on any atom is 0.254 e. The Morgan fingerprint density at radius 2 is 1.75 bits per heavy atom. The molecule has 4 nitrogen and oxygen atoms in total. The molecule has 0 radical (unpaired) electrons. The summed E-state index contributed by atoms with van der Waals surface area (Å²) in [7, 11) is -3.07. The minimum atomic E-state index is -3.07. The van der Waals surface area contributed by atoms with Crippen molar-refractivity contribution in [2.45, 2.75) is 24.6 Å². The molecule has 2 aromatic rings. The van der Waals surface area contributed by atoms with Crippen molar-refractivity contribution in [3.63, 3.8) is 0 Å². The smallest absolute Gasteiger partial charge is 0.254 e. The Bertz CT molecular complexity index is 813. The van der Waals surface area contributed by atoms with E-state index >= 15 is 0 Å². The molecule has 1 saturated heterocycles. The van der Waals surface area contributed by atoms with Crippen LogP contribution in [-0.2, 0) is 15.6 Å². The molecule has 1 aliphatic rings. The van der Waals surface area contributed by atoms with Crippen LogP contribution >= 0.6 is 0 Å². The normalized spacial score (nSPS) is 17.9. The van der Waals surface area contributed by atoms with Crippen LogP contribution in [0.1, 0.15) is 40.4 Å². The first kappa shape index (κ1) is 16.7. The SMILES string of the molecule is CS(=O)(=O)Cc1ccc(C(=O)N2CCCC2c2ccccc2)cc1. The van der Waals surface area contributed by atoms with E-state index in [9.17, 15) is 13.2 Å². The van der Waals surface area contributed by atoms with Gasteiger partial charge in [-0.1, -0.05) is 42.5 Å². The van der Waals surface area contributed by atoms with E-state index in [1.165, 1.54) is 6.26 Å². The lowest BCUT2D eigenvalue weighted by atomic mass is 10.0. The minimum absolute atomic E-state index is 0.00216. The highest BCUT2D eigenvalue weighted by Crippen LogP contribution is 2.32. The summed E-state index contributed by atoms with van der Waals surface area (Å²) >= 11 is 0. The quantitative estimate of drug-likeness (QED) is 0.856. The van der Waals surface area contributed by atoms with Gasteiger partial charge in [-0.3, -0.25) is 4.79 Å². The van der Waals surface area contributed by atoms with Crippen molar-refractivity contribution in [2.24, 2.45) is 0 Å². The number of hydrogen-bond acceptors (Lipinski definition) is 3. The Labute approximate surface area is 143 Å². The number of benzene rings is 2. The highest BCUT2D eigenvalue weighted by Gasteiger charge is 2.30. The van der Waals surface area contributed by atoms with Crippen LogP contribution in [0, 0.1) is 0 Å². The summed E-state index contributed by atoms with van der Waals surface area (Å²) < 4.78 is 22.7. The summed E-state index contributed by atoms with van der Waals surface area (Å²) in [6, 6.07) is 17.1. The van der Waals surface area contributed by atoms with Gasteiger partial charge in [-0.15, -0.1) is 0 Å². The number of nitrogens with zero attached hydrogens (tertiary/aromatic N) is 1. The van der Waals surface area contributed by atoms with Crippen LogP contribution in [0.2, 0.25) is 0 Å². The molecule has 1 amide bonds. The molecular formula is C19H21NO3S. The van der Waals surface area contributed by atoms with Crippen molar-refractivity contribution in [3.8, 4) is 0 Å². The second-order valence-electron chi connectivity index (χ2n) is 6.33. The number of carbonyl (C=O) groups is 1. The average Bonchev–Trinajstić information content (AvgIpc) is 3.04. The third-order valence-corrected chi connectivity index (χ3v) is 5.19. The van der Waals surface area contributed by atoms with Crippen molar-refractivity contribution in [1.29, 1.82) is 0 Å². The second kappa shape index (κ2) is 6.77. The molecule has 1 atom stereocenters. The maximum atomic E-state index is 12.8. The van der Waals surface area contributed by atoms with Crippen molar-refractivity contribution in [2.75, 3.05) is 12.8 Å². The minimum Gasteiger partial charge on any atom is -0.332 e. The summed E-state index contributed by atoms with van der Waals surface area (Å²) in [4.78, 5) is 14.8. The van der Waals surface area contributed by atoms with Gasteiger partial charge in [-0.25, -0.2) is 8.42 Å². The van der Waals surface area contributed by atoms with Gasteiger partial charge in [0.05, 0.1) is 11.8 Å². The van der Waals surface area contributed by atoms with Crippen LogP contribution in [0.25, 0.3) is 0 Å². The van der Waals surface area contributed by atoms with Gasteiger partial charge in [-0.2, -0.15) is 0 Å². The van der Waals surface area contributed by atoms with Crippen molar-refractivity contribution >= 4 is 15.7 Å². The molecule has 0 spiro atoms. The van der Waals surface area contributed by atoms with Crippen molar-refractivity contribution in [3.05, 3.63) is 71.3 Å².